The summed E-state index contributed by atoms with van der Waals surface area (Å²) in [7, 11) is 0. The molecule has 3 N–H and O–H groups in total. The monoisotopic (exact) mass is 329 g/mol. The van der Waals surface area contributed by atoms with Crippen molar-refractivity contribution in [3.8, 4) is 0 Å². The first-order valence-corrected chi connectivity index (χ1v) is 7.11. The molecule has 0 radical (unpaired) electrons. The van der Waals surface area contributed by atoms with Crippen molar-refractivity contribution in [2.45, 2.75) is 32.9 Å². The average molecular weight is 330 g/mol. The van der Waals surface area contributed by atoms with E-state index in [0.29, 0.717) is 18.9 Å². The zero-order valence-electron chi connectivity index (χ0n) is 11.2. The van der Waals surface area contributed by atoms with Gasteiger partial charge in [-0.2, -0.15) is 0 Å². The fraction of sp³-hybridized carbons (Fsp3) is 0.500. The van der Waals surface area contributed by atoms with E-state index < -0.39 is 5.97 Å². The van der Waals surface area contributed by atoms with Gasteiger partial charge in [0.25, 0.3) is 0 Å². The lowest BCUT2D eigenvalue weighted by Crippen LogP contribution is -2.34. The van der Waals surface area contributed by atoms with E-state index in [0.717, 1.165) is 10.0 Å². The largest absolute Gasteiger partial charge is 0.478 e. The standard InChI is InChI=1S/C14H20BrNO3/c1-9(2)13(5-6-17)16-8-11-4-3-10(14(18)19)7-12(11)15/h3-4,7,9,13,16-17H,5-6,8H2,1-2H3,(H,18,19). The molecule has 1 rings (SSSR count). The molecular formula is C14H20BrNO3. The van der Waals surface area contributed by atoms with Gasteiger partial charge in [0, 0.05) is 23.7 Å². The minimum Gasteiger partial charge on any atom is -0.478 e. The number of halogens is 1. The summed E-state index contributed by atoms with van der Waals surface area (Å²) in [5.41, 5.74) is 1.28. The number of hydrogen-bond acceptors (Lipinski definition) is 3. The second-order valence-electron chi connectivity index (χ2n) is 4.86. The number of nitrogens with one attached hydrogen (secondary N) is 1. The fourth-order valence-corrected chi connectivity index (χ4v) is 2.39. The number of carbonyl (C=O) groups is 1. The van der Waals surface area contributed by atoms with Gasteiger partial charge in [-0.25, -0.2) is 4.79 Å². The van der Waals surface area contributed by atoms with Gasteiger partial charge in [0.2, 0.25) is 0 Å². The van der Waals surface area contributed by atoms with E-state index in [4.69, 9.17) is 10.2 Å². The molecule has 0 saturated heterocycles. The van der Waals surface area contributed by atoms with E-state index in [-0.39, 0.29) is 18.2 Å². The van der Waals surface area contributed by atoms with Gasteiger partial charge >= 0.3 is 5.97 Å². The summed E-state index contributed by atoms with van der Waals surface area (Å²) in [6, 6.07) is 5.25. The first-order chi connectivity index (χ1) is 8.95. The van der Waals surface area contributed by atoms with Crippen LogP contribution in [0.25, 0.3) is 0 Å². The third-order valence-corrected chi connectivity index (χ3v) is 3.84. The number of hydrogen-bond donors (Lipinski definition) is 3. The first kappa shape index (κ1) is 16.1. The molecule has 1 atom stereocenters. The first-order valence-electron chi connectivity index (χ1n) is 6.31. The highest BCUT2D eigenvalue weighted by Crippen LogP contribution is 2.19. The van der Waals surface area contributed by atoms with Crippen LogP contribution in [0.1, 0.15) is 36.2 Å². The van der Waals surface area contributed by atoms with Gasteiger partial charge in [0.15, 0.2) is 0 Å². The van der Waals surface area contributed by atoms with Crippen molar-refractivity contribution in [2.24, 2.45) is 5.92 Å². The molecule has 0 spiro atoms. The molecular weight excluding hydrogens is 310 g/mol. The number of rotatable bonds is 7. The third kappa shape index (κ3) is 4.93. The number of benzene rings is 1. The SMILES string of the molecule is CC(C)C(CCO)NCc1ccc(C(=O)O)cc1Br. The van der Waals surface area contributed by atoms with Crippen molar-refractivity contribution in [2.75, 3.05) is 6.61 Å². The molecule has 0 amide bonds. The van der Waals surface area contributed by atoms with Crippen molar-refractivity contribution in [1.29, 1.82) is 0 Å². The highest BCUT2D eigenvalue weighted by molar-refractivity contribution is 9.10. The quantitative estimate of drug-likeness (QED) is 0.719. The van der Waals surface area contributed by atoms with E-state index >= 15 is 0 Å². The Hall–Kier alpha value is -0.910. The van der Waals surface area contributed by atoms with E-state index in [9.17, 15) is 4.79 Å². The van der Waals surface area contributed by atoms with E-state index in [1.54, 1.807) is 18.2 Å². The molecule has 106 valence electrons. The smallest absolute Gasteiger partial charge is 0.335 e. The molecule has 1 unspecified atom stereocenters. The Morgan fingerprint density at radius 1 is 1.42 bits per heavy atom. The second-order valence-corrected chi connectivity index (χ2v) is 5.71. The lowest BCUT2D eigenvalue weighted by molar-refractivity contribution is 0.0697. The Labute approximate surface area is 122 Å². The fourth-order valence-electron chi connectivity index (χ4n) is 1.87. The molecule has 1 aromatic rings. The summed E-state index contributed by atoms with van der Waals surface area (Å²) in [6.45, 7) is 5.02. The lowest BCUT2D eigenvalue weighted by atomic mass is 10.0. The highest BCUT2D eigenvalue weighted by Gasteiger charge is 2.13. The van der Waals surface area contributed by atoms with E-state index in [1.165, 1.54) is 0 Å². The van der Waals surface area contributed by atoms with Gasteiger partial charge in [-0.1, -0.05) is 35.8 Å². The van der Waals surface area contributed by atoms with Crippen LogP contribution in [-0.4, -0.2) is 28.8 Å². The molecule has 5 heteroatoms. The molecule has 0 heterocycles. The van der Waals surface area contributed by atoms with Gasteiger partial charge < -0.3 is 15.5 Å². The van der Waals surface area contributed by atoms with Crippen LogP contribution in [0.4, 0.5) is 0 Å². The maximum Gasteiger partial charge on any atom is 0.335 e. The molecule has 0 aliphatic carbocycles. The van der Waals surface area contributed by atoms with Gasteiger partial charge in [0.1, 0.15) is 0 Å². The Morgan fingerprint density at radius 2 is 2.11 bits per heavy atom. The van der Waals surface area contributed by atoms with Gasteiger partial charge in [-0.05, 0) is 30.0 Å². The van der Waals surface area contributed by atoms with Crippen molar-refractivity contribution in [3.05, 3.63) is 33.8 Å². The predicted octanol–water partition coefficient (Wildman–Crippen LogP) is 2.64. The molecule has 4 nitrogen and oxygen atoms in total. The van der Waals surface area contributed by atoms with Crippen LogP contribution in [0, 0.1) is 5.92 Å². The summed E-state index contributed by atoms with van der Waals surface area (Å²) in [4.78, 5) is 10.8. The second kappa shape index (κ2) is 7.62. The Morgan fingerprint density at radius 3 is 2.58 bits per heavy atom. The zero-order chi connectivity index (χ0) is 14.4. The zero-order valence-corrected chi connectivity index (χ0v) is 12.8. The molecule has 1 aromatic carbocycles. The van der Waals surface area contributed by atoms with Crippen molar-refractivity contribution in [3.63, 3.8) is 0 Å². The Balaban J connectivity index is 2.69. The van der Waals surface area contributed by atoms with Crippen LogP contribution in [0.15, 0.2) is 22.7 Å². The van der Waals surface area contributed by atoms with Crippen LogP contribution in [0.5, 0.6) is 0 Å². The Bertz CT molecular complexity index is 435. The topological polar surface area (TPSA) is 69.6 Å². The number of aromatic carboxylic acids is 1. The van der Waals surface area contributed by atoms with Crippen LogP contribution in [-0.2, 0) is 6.54 Å². The van der Waals surface area contributed by atoms with Crippen LogP contribution >= 0.6 is 15.9 Å². The Kier molecular flexibility index (Phi) is 6.48. The molecule has 0 fully saturated rings. The van der Waals surface area contributed by atoms with E-state index in [2.05, 4.69) is 35.1 Å². The maximum atomic E-state index is 10.8. The maximum absolute atomic E-state index is 10.8. The molecule has 0 aliphatic heterocycles. The van der Waals surface area contributed by atoms with Crippen LogP contribution < -0.4 is 5.32 Å². The molecule has 19 heavy (non-hydrogen) atoms. The summed E-state index contributed by atoms with van der Waals surface area (Å²) in [6.07, 6.45) is 0.711. The summed E-state index contributed by atoms with van der Waals surface area (Å²) in [5, 5.41) is 21.3. The van der Waals surface area contributed by atoms with Crippen LogP contribution in [0.3, 0.4) is 0 Å². The van der Waals surface area contributed by atoms with E-state index in [1.807, 2.05) is 0 Å². The van der Waals surface area contributed by atoms with Crippen molar-refractivity contribution < 1.29 is 15.0 Å². The molecule has 0 bridgehead atoms. The highest BCUT2D eigenvalue weighted by atomic mass is 79.9. The lowest BCUT2D eigenvalue weighted by Gasteiger charge is -2.22. The molecule has 0 aromatic heterocycles. The molecule has 0 aliphatic rings. The van der Waals surface area contributed by atoms with Crippen molar-refractivity contribution in [1.82, 2.24) is 5.32 Å². The summed E-state index contributed by atoms with van der Waals surface area (Å²) >= 11 is 3.39. The van der Waals surface area contributed by atoms with Gasteiger partial charge in [-0.15, -0.1) is 0 Å². The number of aliphatic hydroxyl groups is 1. The minimum absolute atomic E-state index is 0.162. The van der Waals surface area contributed by atoms with Crippen molar-refractivity contribution >= 4 is 21.9 Å². The number of carboxylic acids is 1. The predicted molar refractivity (Wildman–Crippen MR) is 78.3 cm³/mol. The number of carboxylic acid groups (broad SMARTS) is 1. The van der Waals surface area contributed by atoms with Gasteiger partial charge in [-0.3, -0.25) is 0 Å². The summed E-state index contributed by atoms with van der Waals surface area (Å²) in [5.74, 6) is -0.496. The minimum atomic E-state index is -0.930. The molecule has 0 saturated carbocycles. The number of aliphatic hydroxyl groups excluding tert-OH is 1. The normalized spacial score (nSPS) is 12.7. The summed E-state index contributed by atoms with van der Waals surface area (Å²) < 4.78 is 0.784. The average Bonchev–Trinajstić information content (AvgIpc) is 2.35. The third-order valence-electron chi connectivity index (χ3n) is 3.10. The van der Waals surface area contributed by atoms with Crippen LogP contribution in [0.2, 0.25) is 0 Å². The van der Waals surface area contributed by atoms with Gasteiger partial charge in [0.05, 0.1) is 5.56 Å².